The number of piperidine rings is 2. The lowest BCUT2D eigenvalue weighted by Gasteiger charge is -2.42. The van der Waals surface area contributed by atoms with Crippen molar-refractivity contribution < 1.29 is 13.2 Å². The highest BCUT2D eigenvalue weighted by Gasteiger charge is 2.41. The predicted molar refractivity (Wildman–Crippen MR) is 82.4 cm³/mol. The van der Waals surface area contributed by atoms with Crippen molar-refractivity contribution in [3.63, 3.8) is 0 Å². The van der Waals surface area contributed by atoms with Gasteiger partial charge in [-0.05, 0) is 38.6 Å². The number of carbonyl (C=O) groups excluding carboxylic acids is 1. The average molecular weight is 317 g/mol. The molecule has 1 unspecified atom stereocenters. The van der Waals surface area contributed by atoms with Gasteiger partial charge >= 0.3 is 0 Å². The van der Waals surface area contributed by atoms with Crippen LogP contribution in [-0.4, -0.2) is 57.7 Å². The van der Waals surface area contributed by atoms with Gasteiger partial charge in [0.25, 0.3) is 0 Å². The van der Waals surface area contributed by atoms with Crippen LogP contribution in [0.1, 0.15) is 39.0 Å². The number of nitrogens with zero attached hydrogens (tertiary/aromatic N) is 1. The molecule has 6 nitrogen and oxygen atoms in total. The molecule has 1 atom stereocenters. The summed E-state index contributed by atoms with van der Waals surface area (Å²) >= 11 is 0. The second-order valence-corrected chi connectivity index (χ2v) is 8.15. The zero-order chi connectivity index (χ0) is 15.5. The molecule has 2 rings (SSSR count). The first kappa shape index (κ1) is 16.7. The Labute approximate surface area is 127 Å². The first-order chi connectivity index (χ1) is 9.86. The lowest BCUT2D eigenvalue weighted by molar-refractivity contribution is -0.144. The zero-order valence-electron chi connectivity index (χ0n) is 13.0. The molecule has 2 aliphatic rings. The van der Waals surface area contributed by atoms with E-state index in [0.717, 1.165) is 32.4 Å². The van der Waals surface area contributed by atoms with E-state index in [4.69, 9.17) is 0 Å². The van der Waals surface area contributed by atoms with Crippen LogP contribution in [0.2, 0.25) is 0 Å². The lowest BCUT2D eigenvalue weighted by Crippen LogP contribution is -2.55. The summed E-state index contributed by atoms with van der Waals surface area (Å²) in [7, 11) is -3.16. The first-order valence-electron chi connectivity index (χ1n) is 7.84. The van der Waals surface area contributed by atoms with Crippen LogP contribution in [0.25, 0.3) is 0 Å². The van der Waals surface area contributed by atoms with Crippen molar-refractivity contribution >= 4 is 15.9 Å². The van der Waals surface area contributed by atoms with Gasteiger partial charge in [0.15, 0.2) is 0 Å². The molecule has 0 saturated carbocycles. The molecule has 0 radical (unpaired) electrons. The molecule has 2 saturated heterocycles. The van der Waals surface area contributed by atoms with E-state index >= 15 is 0 Å². The standard InChI is InChI=1S/C14H27N3O3S/c1-3-14(7-4-8-15-11-14)13(18)17-9-5-12(6-10-17)16-21(2,19)20/h12,15-16H,3-11H2,1-2H3. The summed E-state index contributed by atoms with van der Waals surface area (Å²) in [5, 5.41) is 3.35. The number of likely N-dealkylation sites (tertiary alicyclic amines) is 1. The topological polar surface area (TPSA) is 78.5 Å². The van der Waals surface area contributed by atoms with Crippen molar-refractivity contribution in [2.45, 2.75) is 45.1 Å². The van der Waals surface area contributed by atoms with Crippen LogP contribution in [0.5, 0.6) is 0 Å². The van der Waals surface area contributed by atoms with Crippen molar-refractivity contribution in [3.05, 3.63) is 0 Å². The van der Waals surface area contributed by atoms with Gasteiger partial charge in [-0.15, -0.1) is 0 Å². The number of hydrogen-bond acceptors (Lipinski definition) is 4. The molecule has 2 fully saturated rings. The Morgan fingerprint density at radius 3 is 2.52 bits per heavy atom. The molecule has 7 heteroatoms. The normalized spacial score (nSPS) is 28.6. The van der Waals surface area contributed by atoms with Gasteiger partial charge < -0.3 is 10.2 Å². The second-order valence-electron chi connectivity index (χ2n) is 6.37. The molecule has 0 aromatic rings. The monoisotopic (exact) mass is 317 g/mol. The summed E-state index contributed by atoms with van der Waals surface area (Å²) in [6, 6.07) is -0.0360. The third-order valence-corrected chi connectivity index (χ3v) is 5.53. The van der Waals surface area contributed by atoms with E-state index in [2.05, 4.69) is 17.0 Å². The molecule has 0 aromatic carbocycles. The Morgan fingerprint density at radius 1 is 1.38 bits per heavy atom. The molecule has 2 heterocycles. The molecule has 21 heavy (non-hydrogen) atoms. The smallest absolute Gasteiger partial charge is 0.230 e. The Hall–Kier alpha value is -0.660. The largest absolute Gasteiger partial charge is 0.342 e. The highest BCUT2D eigenvalue weighted by molar-refractivity contribution is 7.88. The maximum absolute atomic E-state index is 12.8. The van der Waals surface area contributed by atoms with Crippen LogP contribution in [0, 0.1) is 5.41 Å². The van der Waals surface area contributed by atoms with Crippen LogP contribution in [0.15, 0.2) is 0 Å². The molecule has 0 bridgehead atoms. The first-order valence-corrected chi connectivity index (χ1v) is 9.73. The van der Waals surface area contributed by atoms with Gasteiger partial charge in [-0.2, -0.15) is 0 Å². The summed E-state index contributed by atoms with van der Waals surface area (Å²) in [5.41, 5.74) is -0.255. The SMILES string of the molecule is CCC1(C(=O)N2CCC(NS(C)(=O)=O)CC2)CCCNC1. The van der Waals surface area contributed by atoms with E-state index < -0.39 is 10.0 Å². The summed E-state index contributed by atoms with van der Waals surface area (Å²) in [4.78, 5) is 14.8. The van der Waals surface area contributed by atoms with Crippen LogP contribution in [-0.2, 0) is 14.8 Å². The van der Waals surface area contributed by atoms with E-state index in [1.54, 1.807) is 0 Å². The Balaban J connectivity index is 1.93. The average Bonchev–Trinajstić information content (AvgIpc) is 2.46. The fourth-order valence-corrected chi connectivity index (χ4v) is 4.28. The maximum atomic E-state index is 12.8. The van der Waals surface area contributed by atoms with Crippen molar-refractivity contribution in [1.29, 1.82) is 0 Å². The van der Waals surface area contributed by atoms with Gasteiger partial charge in [0, 0.05) is 25.7 Å². The Morgan fingerprint density at radius 2 is 2.05 bits per heavy atom. The van der Waals surface area contributed by atoms with Crippen LogP contribution in [0.3, 0.4) is 0 Å². The van der Waals surface area contributed by atoms with Crippen molar-refractivity contribution in [1.82, 2.24) is 14.9 Å². The van der Waals surface area contributed by atoms with E-state index in [-0.39, 0.29) is 17.4 Å². The maximum Gasteiger partial charge on any atom is 0.230 e. The highest BCUT2D eigenvalue weighted by Crippen LogP contribution is 2.33. The molecular weight excluding hydrogens is 290 g/mol. The summed E-state index contributed by atoms with van der Waals surface area (Å²) in [5.74, 6) is 0.245. The lowest BCUT2D eigenvalue weighted by atomic mass is 9.76. The van der Waals surface area contributed by atoms with E-state index in [1.807, 2.05) is 4.90 Å². The van der Waals surface area contributed by atoms with Crippen LogP contribution < -0.4 is 10.0 Å². The summed E-state index contributed by atoms with van der Waals surface area (Å²) in [6.45, 7) is 5.14. The molecule has 2 aliphatic heterocycles. The van der Waals surface area contributed by atoms with Gasteiger partial charge in [-0.1, -0.05) is 6.92 Å². The Kier molecular flexibility index (Phi) is 5.27. The fraction of sp³-hybridized carbons (Fsp3) is 0.929. The van der Waals surface area contributed by atoms with E-state index in [0.29, 0.717) is 25.9 Å². The van der Waals surface area contributed by atoms with Crippen molar-refractivity contribution in [2.75, 3.05) is 32.4 Å². The minimum absolute atomic E-state index is 0.0360. The molecular formula is C14H27N3O3S. The number of rotatable bonds is 4. The Bertz CT molecular complexity index is 464. The van der Waals surface area contributed by atoms with Crippen molar-refractivity contribution in [3.8, 4) is 0 Å². The van der Waals surface area contributed by atoms with Gasteiger partial charge in [0.1, 0.15) is 0 Å². The summed E-state index contributed by atoms with van der Waals surface area (Å²) in [6.07, 6.45) is 5.45. The molecule has 1 amide bonds. The molecule has 0 aliphatic carbocycles. The molecule has 0 aromatic heterocycles. The van der Waals surface area contributed by atoms with Crippen LogP contribution >= 0.6 is 0 Å². The number of amides is 1. The van der Waals surface area contributed by atoms with Crippen molar-refractivity contribution in [2.24, 2.45) is 5.41 Å². The third kappa shape index (κ3) is 4.17. The quantitative estimate of drug-likeness (QED) is 0.782. The molecule has 122 valence electrons. The van der Waals surface area contributed by atoms with E-state index in [1.165, 1.54) is 6.26 Å². The number of nitrogens with one attached hydrogen (secondary N) is 2. The number of carbonyl (C=O) groups is 1. The van der Waals surface area contributed by atoms with Gasteiger partial charge in [-0.3, -0.25) is 4.79 Å². The zero-order valence-corrected chi connectivity index (χ0v) is 13.8. The number of sulfonamides is 1. The molecule has 0 spiro atoms. The van der Waals surface area contributed by atoms with Gasteiger partial charge in [-0.25, -0.2) is 13.1 Å². The second kappa shape index (κ2) is 6.62. The fourth-order valence-electron chi connectivity index (χ4n) is 3.44. The number of hydrogen-bond donors (Lipinski definition) is 2. The van der Waals surface area contributed by atoms with Gasteiger partial charge in [0.05, 0.1) is 11.7 Å². The minimum atomic E-state index is -3.16. The minimum Gasteiger partial charge on any atom is -0.342 e. The third-order valence-electron chi connectivity index (χ3n) is 4.77. The van der Waals surface area contributed by atoms with Crippen LogP contribution in [0.4, 0.5) is 0 Å². The van der Waals surface area contributed by atoms with E-state index in [9.17, 15) is 13.2 Å². The molecule has 2 N–H and O–H groups in total. The highest BCUT2D eigenvalue weighted by atomic mass is 32.2. The summed E-state index contributed by atoms with van der Waals surface area (Å²) < 4.78 is 25.2. The predicted octanol–water partition coefficient (Wildman–Crippen LogP) is 0.306. The van der Waals surface area contributed by atoms with Gasteiger partial charge in [0.2, 0.25) is 15.9 Å².